The lowest BCUT2D eigenvalue weighted by Crippen LogP contribution is -2.17. The highest BCUT2D eigenvalue weighted by atomic mass is 32.2. The summed E-state index contributed by atoms with van der Waals surface area (Å²) in [6.07, 6.45) is 3.51. The zero-order valence-corrected chi connectivity index (χ0v) is 18.5. The van der Waals surface area contributed by atoms with Crippen molar-refractivity contribution in [2.75, 3.05) is 7.05 Å². The molecule has 0 aliphatic carbocycles. The summed E-state index contributed by atoms with van der Waals surface area (Å²) in [6.45, 7) is 4.20. The lowest BCUT2D eigenvalue weighted by atomic mass is 10.1. The number of aromatic nitrogens is 4. The first kappa shape index (κ1) is 20.8. The molecule has 0 bridgehead atoms. The number of pyridine rings is 1. The average Bonchev–Trinajstić information content (AvgIpc) is 3.23. The minimum Gasteiger partial charge on any atom is -0.355 e. The third-order valence-electron chi connectivity index (χ3n) is 5.10. The Hall–Kier alpha value is -3.45. The standard InChI is InChI=1S/C24H23N5OS/c1-16-7-8-21(13-17(16)2)29-22(19-9-11-26-12-10-19)27-28-24(29)31-15-18-5-4-6-20(14-18)23(30)25-3/h4-14H,15H2,1-3H3,(H,25,30). The molecule has 0 unspecified atom stereocenters. The van der Waals surface area contributed by atoms with Crippen molar-refractivity contribution in [3.63, 3.8) is 0 Å². The van der Waals surface area contributed by atoms with E-state index >= 15 is 0 Å². The lowest BCUT2D eigenvalue weighted by molar-refractivity contribution is 0.0963. The minimum atomic E-state index is -0.0925. The number of hydrogen-bond donors (Lipinski definition) is 1. The van der Waals surface area contributed by atoms with Gasteiger partial charge in [-0.25, -0.2) is 0 Å². The molecule has 4 aromatic rings. The molecule has 0 spiro atoms. The minimum absolute atomic E-state index is 0.0925. The van der Waals surface area contributed by atoms with E-state index in [0.717, 1.165) is 27.8 Å². The molecule has 2 heterocycles. The molecular formula is C24H23N5OS. The first-order valence-electron chi connectivity index (χ1n) is 9.94. The van der Waals surface area contributed by atoms with E-state index in [0.29, 0.717) is 11.3 Å². The summed E-state index contributed by atoms with van der Waals surface area (Å²) in [5.41, 5.74) is 6.11. The van der Waals surface area contributed by atoms with Gasteiger partial charge < -0.3 is 5.32 Å². The van der Waals surface area contributed by atoms with Crippen LogP contribution in [0.2, 0.25) is 0 Å². The molecule has 0 radical (unpaired) electrons. The molecule has 156 valence electrons. The van der Waals surface area contributed by atoms with Gasteiger partial charge in [0, 0.05) is 36.3 Å². The Morgan fingerprint density at radius 2 is 1.81 bits per heavy atom. The molecule has 0 aliphatic rings. The molecule has 0 saturated carbocycles. The molecule has 4 rings (SSSR count). The van der Waals surface area contributed by atoms with Crippen LogP contribution in [-0.4, -0.2) is 32.7 Å². The van der Waals surface area contributed by atoms with Gasteiger partial charge in [0.15, 0.2) is 11.0 Å². The third-order valence-corrected chi connectivity index (χ3v) is 6.10. The van der Waals surface area contributed by atoms with Crippen molar-refractivity contribution in [1.29, 1.82) is 0 Å². The van der Waals surface area contributed by atoms with Gasteiger partial charge in [0.05, 0.1) is 5.69 Å². The molecule has 31 heavy (non-hydrogen) atoms. The molecule has 1 amide bonds. The first-order valence-corrected chi connectivity index (χ1v) is 10.9. The average molecular weight is 430 g/mol. The number of hydrogen-bond acceptors (Lipinski definition) is 5. The largest absolute Gasteiger partial charge is 0.355 e. The summed E-state index contributed by atoms with van der Waals surface area (Å²) in [7, 11) is 1.64. The topological polar surface area (TPSA) is 72.7 Å². The molecule has 1 N–H and O–H groups in total. The molecule has 2 aromatic heterocycles. The highest BCUT2D eigenvalue weighted by molar-refractivity contribution is 7.98. The third kappa shape index (κ3) is 4.51. The summed E-state index contributed by atoms with van der Waals surface area (Å²) >= 11 is 1.59. The smallest absolute Gasteiger partial charge is 0.251 e. The van der Waals surface area contributed by atoms with Gasteiger partial charge in [0.1, 0.15) is 0 Å². The highest BCUT2D eigenvalue weighted by Crippen LogP contribution is 2.30. The van der Waals surface area contributed by atoms with Gasteiger partial charge >= 0.3 is 0 Å². The van der Waals surface area contributed by atoms with Crippen LogP contribution in [0, 0.1) is 13.8 Å². The van der Waals surface area contributed by atoms with E-state index in [2.05, 4.69) is 57.1 Å². The summed E-state index contributed by atoms with van der Waals surface area (Å²) < 4.78 is 2.08. The summed E-state index contributed by atoms with van der Waals surface area (Å²) in [4.78, 5) is 16.1. The summed E-state index contributed by atoms with van der Waals surface area (Å²) in [6, 6.07) is 17.9. The Morgan fingerprint density at radius 3 is 2.55 bits per heavy atom. The SMILES string of the molecule is CNC(=O)c1cccc(CSc2nnc(-c3ccncc3)n2-c2ccc(C)c(C)c2)c1. The van der Waals surface area contributed by atoms with Gasteiger partial charge in [0.25, 0.3) is 5.91 Å². The Balaban J connectivity index is 1.70. The summed E-state index contributed by atoms with van der Waals surface area (Å²) in [5, 5.41) is 12.4. The van der Waals surface area contributed by atoms with E-state index in [9.17, 15) is 4.79 Å². The predicted octanol–water partition coefficient (Wildman–Crippen LogP) is 4.60. The normalized spacial score (nSPS) is 10.8. The Morgan fingerprint density at radius 1 is 1.00 bits per heavy atom. The van der Waals surface area contributed by atoms with Crippen LogP contribution < -0.4 is 5.32 Å². The molecule has 0 atom stereocenters. The van der Waals surface area contributed by atoms with Gasteiger partial charge in [-0.15, -0.1) is 10.2 Å². The van der Waals surface area contributed by atoms with Crippen molar-refractivity contribution in [3.05, 3.63) is 89.2 Å². The van der Waals surface area contributed by atoms with E-state index < -0.39 is 0 Å². The molecular weight excluding hydrogens is 406 g/mol. The maximum atomic E-state index is 11.9. The molecule has 0 fully saturated rings. The van der Waals surface area contributed by atoms with Crippen LogP contribution in [-0.2, 0) is 5.75 Å². The van der Waals surface area contributed by atoms with E-state index in [1.54, 1.807) is 31.2 Å². The van der Waals surface area contributed by atoms with Gasteiger partial charge in [-0.05, 0) is 66.9 Å². The zero-order chi connectivity index (χ0) is 21.8. The second-order valence-electron chi connectivity index (χ2n) is 7.21. The maximum Gasteiger partial charge on any atom is 0.251 e. The second kappa shape index (κ2) is 9.14. The van der Waals surface area contributed by atoms with Gasteiger partial charge in [0.2, 0.25) is 0 Å². The fourth-order valence-corrected chi connectivity index (χ4v) is 4.14. The van der Waals surface area contributed by atoms with Crippen LogP contribution in [0.1, 0.15) is 27.0 Å². The maximum absolute atomic E-state index is 11.9. The molecule has 0 aliphatic heterocycles. The number of thioether (sulfide) groups is 1. The van der Waals surface area contributed by atoms with Crippen LogP contribution >= 0.6 is 11.8 Å². The van der Waals surface area contributed by atoms with E-state index in [4.69, 9.17) is 0 Å². The Kier molecular flexibility index (Phi) is 6.13. The van der Waals surface area contributed by atoms with Crippen molar-refractivity contribution < 1.29 is 4.79 Å². The number of nitrogens with one attached hydrogen (secondary N) is 1. The fourth-order valence-electron chi connectivity index (χ4n) is 3.24. The number of amides is 1. The Labute approximate surface area is 185 Å². The summed E-state index contributed by atoms with van der Waals surface area (Å²) in [5.74, 6) is 1.35. The van der Waals surface area contributed by atoms with Crippen LogP contribution in [0.25, 0.3) is 17.1 Å². The lowest BCUT2D eigenvalue weighted by Gasteiger charge is -2.12. The number of carbonyl (C=O) groups is 1. The number of nitrogens with zero attached hydrogens (tertiary/aromatic N) is 4. The quantitative estimate of drug-likeness (QED) is 0.454. The van der Waals surface area contributed by atoms with Gasteiger partial charge in [-0.2, -0.15) is 0 Å². The molecule has 6 nitrogen and oxygen atoms in total. The number of benzene rings is 2. The van der Waals surface area contributed by atoms with Gasteiger partial charge in [-0.3, -0.25) is 14.3 Å². The predicted molar refractivity (Wildman–Crippen MR) is 123 cm³/mol. The van der Waals surface area contributed by atoms with Crippen molar-refractivity contribution in [1.82, 2.24) is 25.1 Å². The van der Waals surface area contributed by atoms with Gasteiger partial charge in [-0.1, -0.05) is 30.0 Å². The number of carbonyl (C=O) groups excluding carboxylic acids is 1. The van der Waals surface area contributed by atoms with E-state index in [1.165, 1.54) is 11.1 Å². The van der Waals surface area contributed by atoms with Crippen molar-refractivity contribution in [2.24, 2.45) is 0 Å². The van der Waals surface area contributed by atoms with Crippen LogP contribution in [0.4, 0.5) is 0 Å². The molecule has 0 saturated heterocycles. The van der Waals surface area contributed by atoms with E-state index in [-0.39, 0.29) is 5.91 Å². The Bertz CT molecular complexity index is 1220. The monoisotopic (exact) mass is 429 g/mol. The van der Waals surface area contributed by atoms with Crippen LogP contribution in [0.3, 0.4) is 0 Å². The highest BCUT2D eigenvalue weighted by Gasteiger charge is 2.17. The number of rotatable bonds is 6. The van der Waals surface area contributed by atoms with Crippen LogP contribution in [0.15, 0.2) is 72.1 Å². The second-order valence-corrected chi connectivity index (χ2v) is 8.16. The van der Waals surface area contributed by atoms with Crippen molar-refractivity contribution in [2.45, 2.75) is 24.8 Å². The zero-order valence-electron chi connectivity index (χ0n) is 17.7. The molecule has 2 aromatic carbocycles. The number of aryl methyl sites for hydroxylation is 2. The van der Waals surface area contributed by atoms with E-state index in [1.807, 2.05) is 36.4 Å². The first-order chi connectivity index (χ1) is 15.1. The molecule has 7 heteroatoms. The van der Waals surface area contributed by atoms with Crippen molar-refractivity contribution >= 4 is 17.7 Å². The fraction of sp³-hybridized carbons (Fsp3) is 0.167. The van der Waals surface area contributed by atoms with Crippen LogP contribution in [0.5, 0.6) is 0 Å². The van der Waals surface area contributed by atoms with Crippen molar-refractivity contribution in [3.8, 4) is 17.1 Å².